The zero-order valence-electron chi connectivity index (χ0n) is 15.0. The number of nitrogens with zero attached hydrogens (tertiary/aromatic N) is 2. The number of aryl methyl sites for hydroxylation is 2. The van der Waals surface area contributed by atoms with E-state index in [0.717, 1.165) is 23.1 Å². The third-order valence-corrected chi connectivity index (χ3v) is 7.34. The molecule has 0 bridgehead atoms. The highest BCUT2D eigenvalue weighted by molar-refractivity contribution is 7.89. The van der Waals surface area contributed by atoms with Gasteiger partial charge in [0.15, 0.2) is 0 Å². The summed E-state index contributed by atoms with van der Waals surface area (Å²) in [5.74, 6) is -0.122. The van der Waals surface area contributed by atoms with E-state index >= 15 is 0 Å². The molecule has 1 saturated heterocycles. The van der Waals surface area contributed by atoms with E-state index in [1.165, 1.54) is 9.87 Å². The summed E-state index contributed by atoms with van der Waals surface area (Å²) in [6, 6.07) is 12.9. The fourth-order valence-corrected chi connectivity index (χ4v) is 5.33. The highest BCUT2D eigenvalue weighted by Crippen LogP contribution is 2.34. The maximum absolute atomic E-state index is 13.1. The zero-order valence-corrected chi connectivity index (χ0v) is 15.8. The minimum atomic E-state index is -3.70. The summed E-state index contributed by atoms with van der Waals surface area (Å²) in [6.07, 6.45) is 0.822. The fraction of sp³-hybridized carbons (Fsp3) is 0.350. The summed E-state index contributed by atoms with van der Waals surface area (Å²) < 4.78 is 27.6. The molecule has 26 heavy (non-hydrogen) atoms. The molecule has 2 heterocycles. The average molecular weight is 370 g/mol. The SMILES string of the molecule is Cc1ccc(S(=O)(=O)N2CC(=O)N3CCc4ccccc4[C@@H]3C2)cc1C. The first-order valence-corrected chi connectivity index (χ1v) is 10.3. The van der Waals surface area contributed by atoms with Gasteiger partial charge < -0.3 is 4.90 Å². The molecule has 0 spiro atoms. The molecule has 0 aliphatic carbocycles. The van der Waals surface area contributed by atoms with Crippen LogP contribution in [0.15, 0.2) is 47.4 Å². The maximum Gasteiger partial charge on any atom is 0.243 e. The second-order valence-electron chi connectivity index (χ2n) is 7.10. The molecule has 0 radical (unpaired) electrons. The highest BCUT2D eigenvalue weighted by Gasteiger charge is 2.41. The lowest BCUT2D eigenvalue weighted by Gasteiger charge is -2.44. The van der Waals surface area contributed by atoms with Gasteiger partial charge in [0, 0.05) is 13.1 Å². The first-order chi connectivity index (χ1) is 12.4. The number of sulfonamides is 1. The highest BCUT2D eigenvalue weighted by atomic mass is 32.2. The van der Waals surface area contributed by atoms with Crippen molar-refractivity contribution in [2.75, 3.05) is 19.6 Å². The Morgan fingerprint density at radius 3 is 2.58 bits per heavy atom. The number of hydrogen-bond donors (Lipinski definition) is 0. The lowest BCUT2D eigenvalue weighted by Crippen LogP contribution is -2.55. The van der Waals surface area contributed by atoms with Crippen molar-refractivity contribution in [3.8, 4) is 0 Å². The smallest absolute Gasteiger partial charge is 0.243 e. The molecule has 2 aromatic rings. The number of rotatable bonds is 2. The quantitative estimate of drug-likeness (QED) is 0.816. The van der Waals surface area contributed by atoms with Crippen molar-refractivity contribution in [2.24, 2.45) is 0 Å². The van der Waals surface area contributed by atoms with E-state index in [1.54, 1.807) is 12.1 Å². The third-order valence-electron chi connectivity index (χ3n) is 5.54. The Hall–Kier alpha value is -2.18. The second kappa shape index (κ2) is 6.21. The normalized spacial score (nSPS) is 20.6. The summed E-state index contributed by atoms with van der Waals surface area (Å²) in [5, 5.41) is 0. The molecule has 0 aromatic heterocycles. The molecule has 1 atom stereocenters. The van der Waals surface area contributed by atoms with Crippen molar-refractivity contribution in [2.45, 2.75) is 31.2 Å². The lowest BCUT2D eigenvalue weighted by atomic mass is 9.91. The molecule has 0 saturated carbocycles. The topological polar surface area (TPSA) is 57.7 Å². The molecule has 2 aliphatic heterocycles. The molecule has 6 heteroatoms. The minimum Gasteiger partial charge on any atom is -0.333 e. The van der Waals surface area contributed by atoms with Crippen LogP contribution in [0.1, 0.15) is 28.3 Å². The summed E-state index contributed by atoms with van der Waals surface area (Å²) >= 11 is 0. The number of fused-ring (bicyclic) bond motifs is 3. The van der Waals surface area contributed by atoms with Crippen LogP contribution in [0.25, 0.3) is 0 Å². The molecule has 2 aliphatic rings. The van der Waals surface area contributed by atoms with Crippen LogP contribution in [0.2, 0.25) is 0 Å². The van der Waals surface area contributed by atoms with Crippen LogP contribution in [-0.2, 0) is 21.2 Å². The van der Waals surface area contributed by atoms with Crippen molar-refractivity contribution in [1.82, 2.24) is 9.21 Å². The Morgan fingerprint density at radius 2 is 1.81 bits per heavy atom. The molecule has 136 valence electrons. The summed E-state index contributed by atoms with van der Waals surface area (Å²) in [4.78, 5) is 14.8. The van der Waals surface area contributed by atoms with Crippen LogP contribution in [0.3, 0.4) is 0 Å². The van der Waals surface area contributed by atoms with Crippen molar-refractivity contribution < 1.29 is 13.2 Å². The monoisotopic (exact) mass is 370 g/mol. The minimum absolute atomic E-state index is 0.0894. The van der Waals surface area contributed by atoms with Crippen molar-refractivity contribution in [3.05, 3.63) is 64.7 Å². The zero-order chi connectivity index (χ0) is 18.5. The summed E-state index contributed by atoms with van der Waals surface area (Å²) in [6.45, 7) is 4.71. The Morgan fingerprint density at radius 1 is 1.04 bits per heavy atom. The number of benzene rings is 2. The standard InChI is InChI=1S/C20H22N2O3S/c1-14-7-8-17(11-15(14)2)26(24,25)21-12-19-18-6-4-3-5-16(18)9-10-22(19)20(23)13-21/h3-8,11,19H,9-10,12-13H2,1-2H3/t19-/m0/s1. The van der Waals surface area contributed by atoms with Crippen LogP contribution < -0.4 is 0 Å². The van der Waals surface area contributed by atoms with Crippen LogP contribution >= 0.6 is 0 Å². The van der Waals surface area contributed by atoms with E-state index in [2.05, 4.69) is 6.07 Å². The van der Waals surface area contributed by atoms with Gasteiger partial charge in [-0.15, -0.1) is 0 Å². The average Bonchev–Trinajstić information content (AvgIpc) is 2.63. The number of carbonyl (C=O) groups is 1. The number of carbonyl (C=O) groups excluding carboxylic acids is 1. The van der Waals surface area contributed by atoms with Gasteiger partial charge >= 0.3 is 0 Å². The van der Waals surface area contributed by atoms with E-state index < -0.39 is 10.0 Å². The molecular weight excluding hydrogens is 348 g/mol. The maximum atomic E-state index is 13.1. The number of amides is 1. The Balaban J connectivity index is 1.71. The molecule has 4 rings (SSSR count). The Labute approximate surface area is 154 Å². The van der Waals surface area contributed by atoms with E-state index in [1.807, 2.05) is 43.0 Å². The summed E-state index contributed by atoms with van der Waals surface area (Å²) in [7, 11) is -3.70. The Kier molecular flexibility index (Phi) is 4.12. The van der Waals surface area contributed by atoms with Gasteiger partial charge in [-0.1, -0.05) is 30.3 Å². The van der Waals surface area contributed by atoms with Gasteiger partial charge in [0.1, 0.15) is 0 Å². The molecule has 0 unspecified atom stereocenters. The van der Waals surface area contributed by atoms with Crippen LogP contribution in [0.4, 0.5) is 0 Å². The molecule has 2 aromatic carbocycles. The Bertz CT molecular complexity index is 984. The van der Waals surface area contributed by atoms with Gasteiger partial charge in [0.05, 0.1) is 17.5 Å². The lowest BCUT2D eigenvalue weighted by molar-refractivity contribution is -0.138. The number of piperazine rings is 1. The molecule has 1 amide bonds. The van der Waals surface area contributed by atoms with Crippen LogP contribution in [0.5, 0.6) is 0 Å². The number of hydrogen-bond acceptors (Lipinski definition) is 3. The van der Waals surface area contributed by atoms with Gasteiger partial charge in [0.2, 0.25) is 15.9 Å². The van der Waals surface area contributed by atoms with Crippen LogP contribution in [0, 0.1) is 13.8 Å². The largest absolute Gasteiger partial charge is 0.333 e. The predicted molar refractivity (Wildman–Crippen MR) is 99.3 cm³/mol. The predicted octanol–water partition coefficient (Wildman–Crippen LogP) is 2.43. The van der Waals surface area contributed by atoms with E-state index in [-0.39, 0.29) is 23.4 Å². The van der Waals surface area contributed by atoms with E-state index in [0.29, 0.717) is 13.1 Å². The first kappa shape index (κ1) is 17.2. The molecule has 5 nitrogen and oxygen atoms in total. The van der Waals surface area contributed by atoms with E-state index in [9.17, 15) is 13.2 Å². The van der Waals surface area contributed by atoms with Crippen LogP contribution in [-0.4, -0.2) is 43.2 Å². The molecule has 1 fully saturated rings. The second-order valence-corrected chi connectivity index (χ2v) is 9.03. The summed E-state index contributed by atoms with van der Waals surface area (Å²) in [5.41, 5.74) is 4.24. The van der Waals surface area contributed by atoms with Crippen molar-refractivity contribution >= 4 is 15.9 Å². The van der Waals surface area contributed by atoms with Gasteiger partial charge in [-0.05, 0) is 54.7 Å². The van der Waals surface area contributed by atoms with Gasteiger partial charge in [-0.2, -0.15) is 4.31 Å². The molecule has 0 N–H and O–H groups in total. The molecular formula is C20H22N2O3S. The van der Waals surface area contributed by atoms with Crippen molar-refractivity contribution in [3.63, 3.8) is 0 Å². The van der Waals surface area contributed by atoms with E-state index in [4.69, 9.17) is 0 Å². The van der Waals surface area contributed by atoms with Gasteiger partial charge in [-0.3, -0.25) is 4.79 Å². The fourth-order valence-electron chi connectivity index (χ4n) is 3.85. The van der Waals surface area contributed by atoms with Gasteiger partial charge in [-0.25, -0.2) is 8.42 Å². The van der Waals surface area contributed by atoms with Crippen molar-refractivity contribution in [1.29, 1.82) is 0 Å². The third kappa shape index (κ3) is 2.73. The first-order valence-electron chi connectivity index (χ1n) is 8.82. The van der Waals surface area contributed by atoms with Gasteiger partial charge in [0.25, 0.3) is 0 Å².